The third kappa shape index (κ3) is 7.28. The van der Waals surface area contributed by atoms with E-state index in [4.69, 9.17) is 9.84 Å². The Morgan fingerprint density at radius 1 is 0.895 bits per heavy atom. The number of morpholine rings is 1. The van der Waals surface area contributed by atoms with Crippen molar-refractivity contribution in [2.24, 2.45) is 10.8 Å². The fourth-order valence-electron chi connectivity index (χ4n) is 2.51. The smallest absolute Gasteiger partial charge is 0.0594 e. The topological polar surface area (TPSA) is 32.7 Å². The molecule has 19 heavy (non-hydrogen) atoms. The van der Waals surface area contributed by atoms with Gasteiger partial charge in [0.2, 0.25) is 0 Å². The molecule has 0 spiro atoms. The Kier molecular flexibility index (Phi) is 6.78. The first kappa shape index (κ1) is 16.9. The minimum Gasteiger partial charge on any atom is -0.396 e. The Balaban J connectivity index is 2.26. The monoisotopic (exact) mass is 271 g/mol. The maximum Gasteiger partial charge on any atom is 0.0594 e. The zero-order chi connectivity index (χ0) is 14.4. The molecule has 0 amide bonds. The average Bonchev–Trinajstić information content (AvgIpc) is 2.36. The summed E-state index contributed by atoms with van der Waals surface area (Å²) in [7, 11) is 0. The molecule has 1 fully saturated rings. The first-order valence-electron chi connectivity index (χ1n) is 7.76. The molecule has 1 heterocycles. The number of aliphatic hydroxyl groups excluding tert-OH is 1. The normalized spacial score (nSPS) is 18.8. The van der Waals surface area contributed by atoms with Gasteiger partial charge in [0.25, 0.3) is 0 Å². The van der Waals surface area contributed by atoms with Crippen molar-refractivity contribution in [1.82, 2.24) is 4.90 Å². The number of nitrogens with zero attached hydrogens (tertiary/aromatic N) is 1. The van der Waals surface area contributed by atoms with Crippen LogP contribution < -0.4 is 0 Å². The van der Waals surface area contributed by atoms with Gasteiger partial charge in [-0.2, -0.15) is 0 Å². The fraction of sp³-hybridized carbons (Fsp3) is 1.00. The van der Waals surface area contributed by atoms with Crippen molar-refractivity contribution >= 4 is 0 Å². The highest BCUT2D eigenvalue weighted by atomic mass is 16.5. The van der Waals surface area contributed by atoms with E-state index < -0.39 is 0 Å². The third-order valence-electron chi connectivity index (χ3n) is 4.48. The van der Waals surface area contributed by atoms with E-state index in [1.807, 2.05) is 0 Å². The second kappa shape index (κ2) is 7.61. The van der Waals surface area contributed by atoms with E-state index in [0.29, 0.717) is 12.0 Å². The summed E-state index contributed by atoms with van der Waals surface area (Å²) in [5.74, 6) is 0. The molecular weight excluding hydrogens is 238 g/mol. The second-order valence-corrected chi connectivity index (χ2v) is 7.51. The maximum atomic E-state index is 9.09. The summed E-state index contributed by atoms with van der Waals surface area (Å²) in [6, 6.07) is 0. The summed E-state index contributed by atoms with van der Waals surface area (Å²) >= 11 is 0. The number of aliphatic hydroxyl groups is 1. The highest BCUT2D eigenvalue weighted by molar-refractivity contribution is 4.77. The first-order chi connectivity index (χ1) is 8.85. The summed E-state index contributed by atoms with van der Waals surface area (Å²) in [6.45, 7) is 14.7. The van der Waals surface area contributed by atoms with Crippen LogP contribution in [0.5, 0.6) is 0 Å². The van der Waals surface area contributed by atoms with Crippen molar-refractivity contribution in [2.75, 3.05) is 39.5 Å². The molecule has 1 aliphatic rings. The zero-order valence-electron chi connectivity index (χ0n) is 13.4. The van der Waals surface area contributed by atoms with E-state index in [1.54, 1.807) is 0 Å². The van der Waals surface area contributed by atoms with Crippen LogP contribution in [0.1, 0.15) is 53.4 Å². The number of hydrogen-bond acceptors (Lipinski definition) is 3. The standard InChI is InChI=1S/C16H33NO2/c1-15(2,5-6-16(3,4)8-12-18)7-9-17-10-13-19-14-11-17/h18H,5-14H2,1-4H3. The van der Waals surface area contributed by atoms with Crippen molar-refractivity contribution in [3.8, 4) is 0 Å². The fourth-order valence-corrected chi connectivity index (χ4v) is 2.51. The van der Waals surface area contributed by atoms with Gasteiger partial charge in [-0.3, -0.25) is 4.90 Å². The van der Waals surface area contributed by atoms with Crippen molar-refractivity contribution < 1.29 is 9.84 Å². The van der Waals surface area contributed by atoms with Gasteiger partial charge in [0.1, 0.15) is 0 Å². The van der Waals surface area contributed by atoms with E-state index in [-0.39, 0.29) is 5.41 Å². The summed E-state index contributed by atoms with van der Waals surface area (Å²) in [5.41, 5.74) is 0.663. The lowest BCUT2D eigenvalue weighted by molar-refractivity contribution is 0.0315. The molecule has 0 radical (unpaired) electrons. The van der Waals surface area contributed by atoms with Gasteiger partial charge in [-0.25, -0.2) is 0 Å². The van der Waals surface area contributed by atoms with E-state index in [9.17, 15) is 0 Å². The largest absolute Gasteiger partial charge is 0.396 e. The molecule has 1 aliphatic heterocycles. The summed E-state index contributed by atoms with van der Waals surface area (Å²) in [5, 5.41) is 9.09. The number of hydrogen-bond donors (Lipinski definition) is 1. The molecule has 0 aromatic rings. The molecule has 0 atom stereocenters. The molecule has 0 bridgehead atoms. The highest BCUT2D eigenvalue weighted by Crippen LogP contribution is 2.35. The maximum absolute atomic E-state index is 9.09. The predicted molar refractivity (Wildman–Crippen MR) is 80.4 cm³/mol. The predicted octanol–water partition coefficient (Wildman–Crippen LogP) is 2.92. The van der Waals surface area contributed by atoms with Crippen molar-refractivity contribution in [1.29, 1.82) is 0 Å². The molecule has 0 aromatic carbocycles. The average molecular weight is 271 g/mol. The first-order valence-corrected chi connectivity index (χ1v) is 7.76. The van der Waals surface area contributed by atoms with Crippen LogP contribution in [0.2, 0.25) is 0 Å². The van der Waals surface area contributed by atoms with Crippen molar-refractivity contribution in [3.63, 3.8) is 0 Å². The summed E-state index contributed by atoms with van der Waals surface area (Å²) in [4.78, 5) is 2.52. The van der Waals surface area contributed by atoms with Crippen LogP contribution in [0.4, 0.5) is 0 Å². The lowest BCUT2D eigenvalue weighted by Crippen LogP contribution is -2.38. The van der Waals surface area contributed by atoms with E-state index in [0.717, 1.165) is 32.7 Å². The lowest BCUT2D eigenvalue weighted by atomic mass is 9.76. The third-order valence-corrected chi connectivity index (χ3v) is 4.48. The molecule has 0 aliphatic carbocycles. The Morgan fingerprint density at radius 3 is 1.95 bits per heavy atom. The highest BCUT2D eigenvalue weighted by Gasteiger charge is 2.25. The lowest BCUT2D eigenvalue weighted by Gasteiger charge is -2.34. The Morgan fingerprint density at radius 2 is 1.42 bits per heavy atom. The van der Waals surface area contributed by atoms with Gasteiger partial charge in [0, 0.05) is 19.7 Å². The molecule has 0 aromatic heterocycles. The van der Waals surface area contributed by atoms with Crippen LogP contribution in [0.25, 0.3) is 0 Å². The molecule has 3 heteroatoms. The van der Waals surface area contributed by atoms with Crippen LogP contribution in [0.3, 0.4) is 0 Å². The Hall–Kier alpha value is -0.120. The van der Waals surface area contributed by atoms with Gasteiger partial charge in [0.15, 0.2) is 0 Å². The van der Waals surface area contributed by atoms with Gasteiger partial charge >= 0.3 is 0 Å². The molecular formula is C16H33NO2. The van der Waals surface area contributed by atoms with E-state index in [2.05, 4.69) is 32.6 Å². The van der Waals surface area contributed by atoms with E-state index >= 15 is 0 Å². The molecule has 0 unspecified atom stereocenters. The van der Waals surface area contributed by atoms with Crippen LogP contribution in [-0.2, 0) is 4.74 Å². The molecule has 3 nitrogen and oxygen atoms in total. The van der Waals surface area contributed by atoms with Gasteiger partial charge in [-0.1, -0.05) is 27.7 Å². The van der Waals surface area contributed by atoms with E-state index in [1.165, 1.54) is 25.8 Å². The van der Waals surface area contributed by atoms with Gasteiger partial charge in [-0.15, -0.1) is 0 Å². The molecule has 0 saturated carbocycles. The quantitative estimate of drug-likeness (QED) is 0.737. The number of rotatable bonds is 8. The van der Waals surface area contributed by atoms with Crippen LogP contribution >= 0.6 is 0 Å². The molecule has 1 N–H and O–H groups in total. The Labute approximate surface area is 119 Å². The zero-order valence-corrected chi connectivity index (χ0v) is 13.4. The van der Waals surface area contributed by atoms with Crippen molar-refractivity contribution in [3.05, 3.63) is 0 Å². The van der Waals surface area contributed by atoms with Crippen LogP contribution in [0.15, 0.2) is 0 Å². The van der Waals surface area contributed by atoms with Crippen LogP contribution in [-0.4, -0.2) is 49.5 Å². The van der Waals surface area contributed by atoms with Gasteiger partial charge < -0.3 is 9.84 Å². The summed E-state index contributed by atoms with van der Waals surface area (Å²) in [6.07, 6.45) is 4.60. The van der Waals surface area contributed by atoms with Gasteiger partial charge in [-0.05, 0) is 43.1 Å². The molecule has 1 rings (SSSR count). The minimum atomic E-state index is 0.269. The Bertz CT molecular complexity index is 245. The molecule has 114 valence electrons. The van der Waals surface area contributed by atoms with Gasteiger partial charge in [0.05, 0.1) is 13.2 Å². The van der Waals surface area contributed by atoms with Crippen molar-refractivity contribution in [2.45, 2.75) is 53.4 Å². The number of ether oxygens (including phenoxy) is 1. The molecule has 1 saturated heterocycles. The van der Waals surface area contributed by atoms with Crippen LogP contribution in [0, 0.1) is 10.8 Å². The second-order valence-electron chi connectivity index (χ2n) is 7.51. The SMILES string of the molecule is CC(C)(CCO)CCC(C)(C)CCN1CCOCC1. The summed E-state index contributed by atoms with van der Waals surface area (Å²) < 4.78 is 5.39. The minimum absolute atomic E-state index is 0.269.